The van der Waals surface area contributed by atoms with Gasteiger partial charge in [0, 0.05) is 18.0 Å². The number of carbonyl (C=O) groups excluding carboxylic acids is 1. The highest BCUT2D eigenvalue weighted by molar-refractivity contribution is 7.80. The third-order valence-electron chi connectivity index (χ3n) is 3.11. The van der Waals surface area contributed by atoms with E-state index in [1.807, 2.05) is 0 Å². The summed E-state index contributed by atoms with van der Waals surface area (Å²) in [4.78, 5) is 23.2. The first kappa shape index (κ1) is 12.7. The van der Waals surface area contributed by atoms with Gasteiger partial charge >= 0.3 is 0 Å². The third-order valence-corrected chi connectivity index (χ3v) is 3.41. The second-order valence-electron chi connectivity index (χ2n) is 4.33. The average molecular weight is 266 g/mol. The minimum atomic E-state index is -0.339. The number of hydrogen-bond acceptors (Lipinski definition) is 4. The van der Waals surface area contributed by atoms with Crippen molar-refractivity contribution in [2.75, 3.05) is 0 Å². The van der Waals surface area contributed by atoms with E-state index in [0.717, 1.165) is 19.3 Å². The molecular weight excluding hydrogens is 252 g/mol. The first-order valence-electron chi connectivity index (χ1n) is 5.74. The maximum atomic E-state index is 11.9. The van der Waals surface area contributed by atoms with Crippen LogP contribution >= 0.6 is 12.2 Å². The highest BCUT2D eigenvalue weighted by Gasteiger charge is 2.30. The van der Waals surface area contributed by atoms with Gasteiger partial charge in [-0.2, -0.15) is 5.10 Å². The zero-order chi connectivity index (χ0) is 13.1. The predicted octanol–water partition coefficient (Wildman–Crippen LogP) is -0.0455. The van der Waals surface area contributed by atoms with Gasteiger partial charge in [-0.3, -0.25) is 9.59 Å². The minimum Gasteiger partial charge on any atom is -0.393 e. The molecule has 1 amide bonds. The van der Waals surface area contributed by atoms with Crippen LogP contribution in [-0.4, -0.2) is 27.1 Å². The molecular formula is C11H14N4O2S. The first-order valence-corrected chi connectivity index (χ1v) is 6.14. The van der Waals surface area contributed by atoms with Crippen LogP contribution < -0.4 is 16.6 Å². The molecule has 2 atom stereocenters. The van der Waals surface area contributed by atoms with Crippen LogP contribution in [0.3, 0.4) is 0 Å². The van der Waals surface area contributed by atoms with Crippen molar-refractivity contribution in [3.05, 3.63) is 28.2 Å². The van der Waals surface area contributed by atoms with Crippen molar-refractivity contribution in [3.63, 3.8) is 0 Å². The molecule has 0 saturated heterocycles. The molecule has 96 valence electrons. The number of thiocarbonyl (C=S) groups is 1. The van der Waals surface area contributed by atoms with Gasteiger partial charge in [0.05, 0.1) is 4.99 Å². The van der Waals surface area contributed by atoms with Crippen LogP contribution in [0.15, 0.2) is 16.9 Å². The summed E-state index contributed by atoms with van der Waals surface area (Å²) in [7, 11) is 0. The van der Waals surface area contributed by atoms with Crippen LogP contribution in [0.2, 0.25) is 0 Å². The predicted molar refractivity (Wildman–Crippen MR) is 70.2 cm³/mol. The van der Waals surface area contributed by atoms with Crippen molar-refractivity contribution < 1.29 is 4.79 Å². The Balaban J connectivity index is 2.05. The molecule has 1 aromatic heterocycles. The second-order valence-corrected chi connectivity index (χ2v) is 4.80. The van der Waals surface area contributed by atoms with E-state index in [9.17, 15) is 9.59 Å². The SMILES string of the molecule is NC(=S)C1CCCC1NC(=O)c1ccc(=O)[nH]n1. The van der Waals surface area contributed by atoms with Gasteiger partial charge in [-0.1, -0.05) is 18.6 Å². The molecule has 1 saturated carbocycles. The molecule has 0 radical (unpaired) electrons. The van der Waals surface area contributed by atoms with Crippen molar-refractivity contribution >= 4 is 23.1 Å². The summed E-state index contributed by atoms with van der Waals surface area (Å²) in [5, 5.41) is 8.75. The molecule has 0 bridgehead atoms. The number of rotatable bonds is 3. The molecule has 6 nitrogen and oxygen atoms in total. The van der Waals surface area contributed by atoms with Crippen LogP contribution in [0.25, 0.3) is 0 Å². The zero-order valence-corrected chi connectivity index (χ0v) is 10.5. The van der Waals surface area contributed by atoms with E-state index in [0.29, 0.717) is 4.99 Å². The summed E-state index contributed by atoms with van der Waals surface area (Å²) in [5.74, 6) is -0.272. The van der Waals surface area contributed by atoms with E-state index in [2.05, 4.69) is 15.5 Å². The smallest absolute Gasteiger partial charge is 0.271 e. The number of aromatic nitrogens is 2. The van der Waals surface area contributed by atoms with Crippen LogP contribution in [0.4, 0.5) is 0 Å². The maximum Gasteiger partial charge on any atom is 0.271 e. The molecule has 0 aromatic carbocycles. The van der Waals surface area contributed by atoms with Gasteiger partial charge in [-0.25, -0.2) is 5.10 Å². The Morgan fingerprint density at radius 1 is 1.50 bits per heavy atom. The second kappa shape index (κ2) is 5.26. The number of H-pyrrole nitrogens is 1. The van der Waals surface area contributed by atoms with Gasteiger partial charge < -0.3 is 11.1 Å². The van der Waals surface area contributed by atoms with Gasteiger partial charge in [-0.05, 0) is 18.9 Å². The zero-order valence-electron chi connectivity index (χ0n) is 9.68. The molecule has 0 aliphatic heterocycles. The van der Waals surface area contributed by atoms with Crippen molar-refractivity contribution in [3.8, 4) is 0 Å². The Bertz CT molecular complexity index is 508. The van der Waals surface area contributed by atoms with E-state index < -0.39 is 0 Å². The van der Waals surface area contributed by atoms with E-state index >= 15 is 0 Å². The lowest BCUT2D eigenvalue weighted by atomic mass is 10.0. The van der Waals surface area contributed by atoms with Gasteiger partial charge in [0.25, 0.3) is 11.5 Å². The largest absolute Gasteiger partial charge is 0.393 e. The van der Waals surface area contributed by atoms with Crippen LogP contribution in [0.5, 0.6) is 0 Å². The lowest BCUT2D eigenvalue weighted by Crippen LogP contribution is -2.42. The van der Waals surface area contributed by atoms with Crippen molar-refractivity contribution in [2.45, 2.75) is 25.3 Å². The molecule has 2 unspecified atom stereocenters. The normalized spacial score (nSPS) is 22.7. The number of amides is 1. The summed E-state index contributed by atoms with van der Waals surface area (Å²) in [6.45, 7) is 0. The van der Waals surface area contributed by atoms with E-state index in [4.69, 9.17) is 18.0 Å². The molecule has 1 aliphatic carbocycles. The van der Waals surface area contributed by atoms with Gasteiger partial charge in [0.2, 0.25) is 0 Å². The topological polar surface area (TPSA) is 101 Å². The molecule has 0 spiro atoms. The van der Waals surface area contributed by atoms with E-state index in [-0.39, 0.29) is 29.1 Å². The molecule has 4 N–H and O–H groups in total. The molecule has 18 heavy (non-hydrogen) atoms. The van der Waals surface area contributed by atoms with Gasteiger partial charge in [0.1, 0.15) is 5.69 Å². The molecule has 1 heterocycles. The molecule has 7 heteroatoms. The summed E-state index contributed by atoms with van der Waals surface area (Å²) < 4.78 is 0. The number of carbonyl (C=O) groups is 1. The van der Waals surface area contributed by atoms with Gasteiger partial charge in [-0.15, -0.1) is 0 Å². The van der Waals surface area contributed by atoms with Crippen molar-refractivity contribution in [2.24, 2.45) is 11.7 Å². The quantitative estimate of drug-likeness (QED) is 0.666. The van der Waals surface area contributed by atoms with Crippen LogP contribution in [0.1, 0.15) is 29.8 Å². The monoisotopic (exact) mass is 266 g/mol. The minimum absolute atomic E-state index is 0.0382. The lowest BCUT2D eigenvalue weighted by Gasteiger charge is -2.19. The van der Waals surface area contributed by atoms with E-state index in [1.54, 1.807) is 0 Å². The van der Waals surface area contributed by atoms with Gasteiger partial charge in [0.15, 0.2) is 0 Å². The first-order chi connectivity index (χ1) is 8.58. The number of hydrogen-bond donors (Lipinski definition) is 3. The molecule has 1 aliphatic rings. The summed E-state index contributed by atoms with van der Waals surface area (Å²) in [6.07, 6.45) is 2.75. The number of nitrogens with zero attached hydrogens (tertiary/aromatic N) is 1. The maximum absolute atomic E-state index is 11.9. The Kier molecular flexibility index (Phi) is 3.71. The Labute approximate surface area is 109 Å². The molecule has 1 aromatic rings. The van der Waals surface area contributed by atoms with E-state index in [1.165, 1.54) is 12.1 Å². The Morgan fingerprint density at radius 3 is 2.89 bits per heavy atom. The molecule has 2 rings (SSSR count). The number of aromatic amines is 1. The highest BCUT2D eigenvalue weighted by atomic mass is 32.1. The van der Waals surface area contributed by atoms with Crippen LogP contribution in [0, 0.1) is 5.92 Å². The standard InChI is InChI=1S/C11H14N4O2S/c12-10(18)6-2-1-3-7(6)13-11(17)8-4-5-9(16)15-14-8/h4-7H,1-3H2,(H2,12,18)(H,13,17)(H,15,16). The Hall–Kier alpha value is -1.76. The van der Waals surface area contributed by atoms with Crippen molar-refractivity contribution in [1.29, 1.82) is 0 Å². The van der Waals surface area contributed by atoms with Crippen LogP contribution in [-0.2, 0) is 0 Å². The average Bonchev–Trinajstić information content (AvgIpc) is 2.78. The fourth-order valence-electron chi connectivity index (χ4n) is 2.19. The third kappa shape index (κ3) is 2.73. The summed E-state index contributed by atoms with van der Waals surface area (Å²) >= 11 is 4.98. The number of nitrogens with one attached hydrogen (secondary N) is 2. The van der Waals surface area contributed by atoms with Crippen molar-refractivity contribution in [1.82, 2.24) is 15.5 Å². The summed E-state index contributed by atoms with van der Waals surface area (Å²) in [6, 6.07) is 2.62. The summed E-state index contributed by atoms with van der Waals surface area (Å²) in [5.41, 5.74) is 5.48. The highest BCUT2D eigenvalue weighted by Crippen LogP contribution is 2.26. The number of nitrogens with two attached hydrogens (primary N) is 1. The lowest BCUT2D eigenvalue weighted by molar-refractivity contribution is 0.0927. The fraction of sp³-hybridized carbons (Fsp3) is 0.455. The Morgan fingerprint density at radius 2 is 2.28 bits per heavy atom. The molecule has 1 fully saturated rings. The fourth-order valence-corrected chi connectivity index (χ4v) is 2.47.